The second-order valence-corrected chi connectivity index (χ2v) is 8.22. The molecule has 34 heavy (non-hydrogen) atoms. The summed E-state index contributed by atoms with van der Waals surface area (Å²) in [4.78, 5) is 17.2. The summed E-state index contributed by atoms with van der Waals surface area (Å²) in [7, 11) is 3.17. The standard InChI is InChI=1S/C28H22BrNO4/c1-32-25-14-9-19(27(18-25)33-2)7-12-23(31)13-8-21-17-20-5-3-4-6-26(20)30-28(21)34-24-15-10-22(29)11-16-24/h3-18H,1-2H3/b12-7+,13-8+. The zero-order valence-electron chi connectivity index (χ0n) is 18.7. The number of hydrogen-bond acceptors (Lipinski definition) is 5. The van der Waals surface area contributed by atoms with Gasteiger partial charge in [0.2, 0.25) is 5.88 Å². The molecule has 0 saturated carbocycles. The summed E-state index contributed by atoms with van der Waals surface area (Å²) in [5.74, 6) is 2.20. The van der Waals surface area contributed by atoms with E-state index in [-0.39, 0.29) is 5.78 Å². The van der Waals surface area contributed by atoms with Gasteiger partial charge in [0.05, 0.1) is 19.7 Å². The molecule has 4 aromatic rings. The van der Waals surface area contributed by atoms with Crippen LogP contribution in [0.4, 0.5) is 0 Å². The van der Waals surface area contributed by atoms with Gasteiger partial charge >= 0.3 is 0 Å². The Bertz CT molecular complexity index is 1380. The highest BCUT2D eigenvalue weighted by Crippen LogP contribution is 2.29. The van der Waals surface area contributed by atoms with Gasteiger partial charge in [0.1, 0.15) is 17.2 Å². The maximum atomic E-state index is 12.6. The van der Waals surface area contributed by atoms with Crippen molar-refractivity contribution >= 4 is 44.8 Å². The third kappa shape index (κ3) is 5.71. The first kappa shape index (κ1) is 23.3. The number of carbonyl (C=O) groups is 1. The summed E-state index contributed by atoms with van der Waals surface area (Å²) in [5.41, 5.74) is 2.28. The van der Waals surface area contributed by atoms with Crippen LogP contribution in [0.15, 0.2) is 89.4 Å². The molecule has 0 atom stereocenters. The Kier molecular flexibility index (Phi) is 7.40. The van der Waals surface area contributed by atoms with Crippen LogP contribution in [-0.2, 0) is 4.79 Å². The molecule has 0 bridgehead atoms. The highest BCUT2D eigenvalue weighted by atomic mass is 79.9. The van der Waals surface area contributed by atoms with Crippen molar-refractivity contribution in [2.45, 2.75) is 0 Å². The Labute approximate surface area is 206 Å². The van der Waals surface area contributed by atoms with Crippen LogP contribution in [0, 0.1) is 0 Å². The zero-order valence-corrected chi connectivity index (χ0v) is 20.3. The van der Waals surface area contributed by atoms with Gasteiger partial charge in [-0.15, -0.1) is 0 Å². The minimum atomic E-state index is -0.180. The molecule has 0 spiro atoms. The average Bonchev–Trinajstić information content (AvgIpc) is 2.87. The van der Waals surface area contributed by atoms with Gasteiger partial charge in [0.25, 0.3) is 0 Å². The quantitative estimate of drug-likeness (QED) is 0.234. The summed E-state index contributed by atoms with van der Waals surface area (Å²) >= 11 is 3.43. The van der Waals surface area contributed by atoms with Gasteiger partial charge in [-0.25, -0.2) is 4.98 Å². The van der Waals surface area contributed by atoms with E-state index in [1.165, 1.54) is 12.2 Å². The Morgan fingerprint density at radius 2 is 1.53 bits per heavy atom. The van der Waals surface area contributed by atoms with Crippen molar-refractivity contribution in [3.8, 4) is 23.1 Å². The maximum absolute atomic E-state index is 12.6. The number of ether oxygens (including phenoxy) is 3. The van der Waals surface area contributed by atoms with E-state index in [1.807, 2.05) is 66.7 Å². The first-order chi connectivity index (χ1) is 16.6. The molecule has 0 N–H and O–H groups in total. The lowest BCUT2D eigenvalue weighted by atomic mass is 10.1. The highest BCUT2D eigenvalue weighted by Gasteiger charge is 2.08. The van der Waals surface area contributed by atoms with Gasteiger partial charge in [-0.3, -0.25) is 4.79 Å². The fourth-order valence-corrected chi connectivity index (χ4v) is 3.55. The number of methoxy groups -OCH3 is 2. The molecule has 1 heterocycles. The smallest absolute Gasteiger partial charge is 0.227 e. The minimum Gasteiger partial charge on any atom is -0.497 e. The molecular weight excluding hydrogens is 494 g/mol. The normalized spacial score (nSPS) is 11.3. The van der Waals surface area contributed by atoms with Crippen LogP contribution in [-0.4, -0.2) is 25.0 Å². The molecule has 0 fully saturated rings. The SMILES string of the molecule is COc1ccc(/C=C/C(=O)/C=C/c2cc3ccccc3nc2Oc2ccc(Br)cc2)c(OC)c1. The van der Waals surface area contributed by atoms with E-state index in [9.17, 15) is 4.79 Å². The van der Waals surface area contributed by atoms with Crippen molar-refractivity contribution < 1.29 is 19.0 Å². The average molecular weight is 516 g/mol. The van der Waals surface area contributed by atoms with Gasteiger partial charge in [-0.05, 0) is 72.8 Å². The van der Waals surface area contributed by atoms with E-state index in [1.54, 1.807) is 32.4 Å². The summed E-state index contributed by atoms with van der Waals surface area (Å²) in [6, 6.07) is 22.6. The van der Waals surface area contributed by atoms with Gasteiger partial charge in [-0.1, -0.05) is 34.1 Å². The number of aromatic nitrogens is 1. The van der Waals surface area contributed by atoms with E-state index in [0.29, 0.717) is 28.7 Å². The predicted molar refractivity (Wildman–Crippen MR) is 139 cm³/mol. The first-order valence-corrected chi connectivity index (χ1v) is 11.3. The van der Waals surface area contributed by atoms with Crippen LogP contribution < -0.4 is 14.2 Å². The zero-order chi connectivity index (χ0) is 23.9. The molecule has 3 aromatic carbocycles. The summed E-state index contributed by atoms with van der Waals surface area (Å²) < 4.78 is 17.6. The van der Waals surface area contributed by atoms with Crippen molar-refractivity contribution in [1.82, 2.24) is 4.98 Å². The summed E-state index contributed by atoms with van der Waals surface area (Å²) in [5, 5.41) is 0.955. The molecule has 0 saturated heterocycles. The van der Waals surface area contributed by atoms with E-state index < -0.39 is 0 Å². The molecule has 5 nitrogen and oxygen atoms in total. The highest BCUT2D eigenvalue weighted by molar-refractivity contribution is 9.10. The Morgan fingerprint density at radius 1 is 0.824 bits per heavy atom. The van der Waals surface area contributed by atoms with Crippen LogP contribution in [0.2, 0.25) is 0 Å². The van der Waals surface area contributed by atoms with E-state index in [0.717, 1.165) is 20.9 Å². The van der Waals surface area contributed by atoms with Crippen LogP contribution >= 0.6 is 15.9 Å². The topological polar surface area (TPSA) is 57.7 Å². The Hall–Kier alpha value is -3.90. The second-order valence-electron chi connectivity index (χ2n) is 7.31. The first-order valence-electron chi connectivity index (χ1n) is 10.5. The largest absolute Gasteiger partial charge is 0.497 e. The molecule has 1 aromatic heterocycles. The maximum Gasteiger partial charge on any atom is 0.227 e. The fraction of sp³-hybridized carbons (Fsp3) is 0.0714. The number of hydrogen-bond donors (Lipinski definition) is 0. The molecule has 0 amide bonds. The van der Waals surface area contributed by atoms with Gasteiger partial charge in [0, 0.05) is 27.1 Å². The third-order valence-electron chi connectivity index (χ3n) is 5.04. The molecule has 0 aliphatic rings. The number of halogens is 1. The van der Waals surface area contributed by atoms with E-state index in [2.05, 4.69) is 20.9 Å². The third-order valence-corrected chi connectivity index (χ3v) is 5.57. The van der Waals surface area contributed by atoms with Crippen molar-refractivity contribution in [2.24, 2.45) is 0 Å². The lowest BCUT2D eigenvalue weighted by Crippen LogP contribution is -1.94. The van der Waals surface area contributed by atoms with Crippen molar-refractivity contribution in [1.29, 1.82) is 0 Å². The van der Waals surface area contributed by atoms with Crippen LogP contribution in [0.1, 0.15) is 11.1 Å². The second kappa shape index (κ2) is 10.8. The van der Waals surface area contributed by atoms with Gasteiger partial charge in [-0.2, -0.15) is 0 Å². The Morgan fingerprint density at radius 3 is 2.26 bits per heavy atom. The molecule has 0 radical (unpaired) electrons. The number of benzene rings is 3. The van der Waals surface area contributed by atoms with E-state index in [4.69, 9.17) is 14.2 Å². The molecule has 0 unspecified atom stereocenters. The fourth-order valence-electron chi connectivity index (χ4n) is 3.29. The summed E-state index contributed by atoms with van der Waals surface area (Å²) in [6.07, 6.45) is 6.41. The molecule has 4 rings (SSSR count). The number of pyridine rings is 1. The van der Waals surface area contributed by atoms with Crippen LogP contribution in [0.3, 0.4) is 0 Å². The van der Waals surface area contributed by atoms with Crippen molar-refractivity contribution in [2.75, 3.05) is 14.2 Å². The minimum absolute atomic E-state index is 0.180. The lowest BCUT2D eigenvalue weighted by molar-refractivity contribution is -0.110. The van der Waals surface area contributed by atoms with Gasteiger partial charge < -0.3 is 14.2 Å². The molecular formula is C28H22BrNO4. The number of ketones is 1. The number of fused-ring (bicyclic) bond motifs is 1. The van der Waals surface area contributed by atoms with Crippen molar-refractivity contribution in [3.63, 3.8) is 0 Å². The number of para-hydroxylation sites is 1. The predicted octanol–water partition coefficient (Wildman–Crippen LogP) is 7.10. The molecule has 6 heteroatoms. The Balaban J connectivity index is 1.60. The van der Waals surface area contributed by atoms with Crippen LogP contribution in [0.5, 0.6) is 23.1 Å². The number of rotatable bonds is 8. The lowest BCUT2D eigenvalue weighted by Gasteiger charge is -2.09. The van der Waals surface area contributed by atoms with Crippen LogP contribution in [0.25, 0.3) is 23.1 Å². The molecule has 170 valence electrons. The van der Waals surface area contributed by atoms with Crippen molar-refractivity contribution in [3.05, 3.63) is 101 Å². The monoisotopic (exact) mass is 515 g/mol. The number of nitrogens with zero attached hydrogens (tertiary/aromatic N) is 1. The summed E-state index contributed by atoms with van der Waals surface area (Å²) in [6.45, 7) is 0. The number of allylic oxidation sites excluding steroid dienone is 2. The number of carbonyl (C=O) groups excluding carboxylic acids is 1. The van der Waals surface area contributed by atoms with Gasteiger partial charge in [0.15, 0.2) is 5.78 Å². The van der Waals surface area contributed by atoms with E-state index >= 15 is 0 Å². The molecule has 0 aliphatic heterocycles. The molecule has 0 aliphatic carbocycles.